The quantitative estimate of drug-likeness (QED) is 0.786. The lowest BCUT2D eigenvalue weighted by Crippen LogP contribution is -1.86. The van der Waals surface area contributed by atoms with Gasteiger partial charge in [-0.15, -0.1) is 0 Å². The maximum atomic E-state index is 5.62. The van der Waals surface area contributed by atoms with Crippen molar-refractivity contribution in [2.24, 2.45) is 0 Å². The molecule has 0 amide bonds. The molecular formula is C11H9ClN2OS. The molecule has 0 radical (unpaired) electrons. The lowest BCUT2D eigenvalue weighted by molar-refractivity contribution is 0.405. The summed E-state index contributed by atoms with van der Waals surface area (Å²) < 4.78 is 5.25. The van der Waals surface area contributed by atoms with Crippen molar-refractivity contribution in [3.8, 4) is 5.75 Å². The van der Waals surface area contributed by atoms with Crippen LogP contribution in [0.1, 0.15) is 0 Å². The van der Waals surface area contributed by atoms with Crippen molar-refractivity contribution in [1.29, 1.82) is 0 Å². The van der Waals surface area contributed by atoms with Gasteiger partial charge in [0, 0.05) is 17.3 Å². The summed E-state index contributed by atoms with van der Waals surface area (Å²) in [4.78, 5) is 9.80. The number of para-hydroxylation sites is 1. The van der Waals surface area contributed by atoms with Gasteiger partial charge in [-0.1, -0.05) is 23.9 Å². The molecule has 0 saturated heterocycles. The van der Waals surface area contributed by atoms with Gasteiger partial charge >= 0.3 is 0 Å². The maximum absolute atomic E-state index is 5.62. The highest BCUT2D eigenvalue weighted by molar-refractivity contribution is 7.99. The zero-order chi connectivity index (χ0) is 11.4. The van der Waals surface area contributed by atoms with E-state index in [9.17, 15) is 0 Å². The molecule has 3 nitrogen and oxygen atoms in total. The molecule has 0 N–H and O–H groups in total. The van der Waals surface area contributed by atoms with Crippen molar-refractivity contribution in [3.05, 3.63) is 41.9 Å². The Balaban J connectivity index is 2.23. The van der Waals surface area contributed by atoms with Crippen molar-refractivity contribution >= 4 is 23.4 Å². The molecule has 0 spiro atoms. The molecule has 0 unspecified atom stereocenters. The lowest BCUT2D eigenvalue weighted by Gasteiger charge is -2.06. The molecule has 0 bridgehead atoms. The first-order chi connectivity index (χ1) is 7.79. The average Bonchev–Trinajstić information content (AvgIpc) is 2.33. The van der Waals surface area contributed by atoms with Gasteiger partial charge in [0.05, 0.1) is 12.0 Å². The highest BCUT2D eigenvalue weighted by Crippen LogP contribution is 2.33. The van der Waals surface area contributed by atoms with Gasteiger partial charge in [0.25, 0.3) is 0 Å². The van der Waals surface area contributed by atoms with E-state index in [1.807, 2.05) is 24.3 Å². The van der Waals surface area contributed by atoms with Gasteiger partial charge < -0.3 is 4.74 Å². The van der Waals surface area contributed by atoms with E-state index in [-0.39, 0.29) is 5.28 Å². The Hall–Kier alpha value is -1.26. The molecule has 2 aromatic rings. The Bertz CT molecular complexity index is 476. The topological polar surface area (TPSA) is 35.0 Å². The monoisotopic (exact) mass is 252 g/mol. The molecule has 0 aliphatic heterocycles. The predicted molar refractivity (Wildman–Crippen MR) is 64.2 cm³/mol. The van der Waals surface area contributed by atoms with E-state index in [1.54, 1.807) is 19.5 Å². The first kappa shape index (κ1) is 11.2. The number of rotatable bonds is 3. The predicted octanol–water partition coefficient (Wildman–Crippen LogP) is 3.29. The van der Waals surface area contributed by atoms with Crippen LogP contribution in [0.4, 0.5) is 0 Å². The van der Waals surface area contributed by atoms with Crippen LogP contribution in [-0.2, 0) is 0 Å². The zero-order valence-electron chi connectivity index (χ0n) is 8.55. The minimum absolute atomic E-state index is 0.254. The molecule has 0 aliphatic rings. The van der Waals surface area contributed by atoms with Crippen molar-refractivity contribution in [3.63, 3.8) is 0 Å². The molecule has 1 aromatic heterocycles. The molecule has 1 heterocycles. The fraction of sp³-hybridized carbons (Fsp3) is 0.0909. The summed E-state index contributed by atoms with van der Waals surface area (Å²) in [6.45, 7) is 0. The molecule has 1 aromatic carbocycles. The summed E-state index contributed by atoms with van der Waals surface area (Å²) in [5, 5.41) is 0.254. The van der Waals surface area contributed by atoms with E-state index in [2.05, 4.69) is 9.97 Å². The van der Waals surface area contributed by atoms with Crippen LogP contribution in [0.25, 0.3) is 0 Å². The van der Waals surface area contributed by atoms with Gasteiger partial charge in [-0.2, -0.15) is 0 Å². The van der Waals surface area contributed by atoms with Gasteiger partial charge in [-0.25, -0.2) is 9.97 Å². The Morgan fingerprint density at radius 3 is 2.56 bits per heavy atom. The van der Waals surface area contributed by atoms with E-state index < -0.39 is 0 Å². The van der Waals surface area contributed by atoms with Gasteiger partial charge in [-0.3, -0.25) is 0 Å². The number of aromatic nitrogens is 2. The Kier molecular flexibility index (Phi) is 3.64. The number of hydrogen-bond donors (Lipinski definition) is 0. The first-order valence-electron chi connectivity index (χ1n) is 4.58. The number of halogens is 1. The van der Waals surface area contributed by atoms with Crippen LogP contribution < -0.4 is 4.74 Å². The molecule has 0 saturated carbocycles. The Morgan fingerprint density at radius 1 is 1.19 bits per heavy atom. The van der Waals surface area contributed by atoms with Gasteiger partial charge in [0.1, 0.15) is 5.75 Å². The number of methoxy groups -OCH3 is 1. The van der Waals surface area contributed by atoms with Gasteiger partial charge in [-0.05, 0) is 23.7 Å². The molecule has 82 valence electrons. The highest BCUT2D eigenvalue weighted by atomic mass is 35.5. The molecule has 2 rings (SSSR count). The molecule has 5 heteroatoms. The smallest absolute Gasteiger partial charge is 0.222 e. The fourth-order valence-electron chi connectivity index (χ4n) is 1.18. The largest absolute Gasteiger partial charge is 0.496 e. The lowest BCUT2D eigenvalue weighted by atomic mass is 10.3. The third-order valence-electron chi connectivity index (χ3n) is 1.89. The second-order valence-corrected chi connectivity index (χ2v) is 4.39. The van der Waals surface area contributed by atoms with Crippen molar-refractivity contribution in [2.75, 3.05) is 7.11 Å². The second-order valence-electron chi connectivity index (χ2n) is 2.94. The molecule has 0 atom stereocenters. The van der Waals surface area contributed by atoms with Crippen LogP contribution in [0, 0.1) is 0 Å². The van der Waals surface area contributed by atoms with Crippen LogP contribution in [0.5, 0.6) is 5.75 Å². The van der Waals surface area contributed by atoms with Crippen LogP contribution in [0.3, 0.4) is 0 Å². The zero-order valence-corrected chi connectivity index (χ0v) is 10.1. The van der Waals surface area contributed by atoms with E-state index >= 15 is 0 Å². The summed E-state index contributed by atoms with van der Waals surface area (Å²) >= 11 is 7.16. The summed E-state index contributed by atoms with van der Waals surface area (Å²) in [5.74, 6) is 0.836. The first-order valence-corrected chi connectivity index (χ1v) is 5.77. The maximum Gasteiger partial charge on any atom is 0.222 e. The molecule has 0 aliphatic carbocycles. The van der Waals surface area contributed by atoms with Crippen molar-refractivity contribution in [1.82, 2.24) is 9.97 Å². The van der Waals surface area contributed by atoms with E-state index in [0.717, 1.165) is 15.5 Å². The molecular weight excluding hydrogens is 244 g/mol. The SMILES string of the molecule is COc1ccccc1Sc1cnc(Cl)nc1. The fourth-order valence-corrected chi connectivity index (χ4v) is 2.14. The third kappa shape index (κ3) is 2.65. The van der Waals surface area contributed by atoms with E-state index in [4.69, 9.17) is 16.3 Å². The molecule has 0 fully saturated rings. The standard InChI is InChI=1S/C11H9ClN2OS/c1-15-9-4-2-3-5-10(9)16-8-6-13-11(12)14-7-8/h2-7H,1H3. The van der Waals surface area contributed by atoms with Crippen LogP contribution in [0.2, 0.25) is 5.28 Å². The second kappa shape index (κ2) is 5.18. The number of nitrogens with zero attached hydrogens (tertiary/aromatic N) is 2. The minimum Gasteiger partial charge on any atom is -0.496 e. The average molecular weight is 253 g/mol. The third-order valence-corrected chi connectivity index (χ3v) is 3.09. The summed E-state index contributed by atoms with van der Waals surface area (Å²) in [6.07, 6.45) is 3.37. The van der Waals surface area contributed by atoms with Crippen LogP contribution in [0.15, 0.2) is 46.5 Å². The van der Waals surface area contributed by atoms with Crippen molar-refractivity contribution < 1.29 is 4.74 Å². The number of ether oxygens (including phenoxy) is 1. The van der Waals surface area contributed by atoms with Gasteiger partial charge in [0.15, 0.2) is 0 Å². The summed E-state index contributed by atoms with van der Waals surface area (Å²) in [6, 6.07) is 7.79. The van der Waals surface area contributed by atoms with E-state index in [1.165, 1.54) is 11.8 Å². The highest BCUT2D eigenvalue weighted by Gasteiger charge is 2.04. The Morgan fingerprint density at radius 2 is 1.88 bits per heavy atom. The van der Waals surface area contributed by atoms with Crippen LogP contribution >= 0.6 is 23.4 Å². The molecule has 16 heavy (non-hydrogen) atoms. The van der Waals surface area contributed by atoms with Crippen molar-refractivity contribution in [2.45, 2.75) is 9.79 Å². The normalized spacial score (nSPS) is 10.1. The summed E-state index contributed by atoms with van der Waals surface area (Å²) in [7, 11) is 1.65. The Labute approximate surface area is 103 Å². The van der Waals surface area contributed by atoms with E-state index in [0.29, 0.717) is 0 Å². The number of hydrogen-bond acceptors (Lipinski definition) is 4. The van der Waals surface area contributed by atoms with Crippen LogP contribution in [-0.4, -0.2) is 17.1 Å². The summed E-state index contributed by atoms with van der Waals surface area (Å²) in [5.41, 5.74) is 0. The van der Waals surface area contributed by atoms with Gasteiger partial charge in [0.2, 0.25) is 5.28 Å². The minimum atomic E-state index is 0.254. The number of benzene rings is 1.